The molecule has 1 aliphatic carbocycles. The molecule has 6 heteroatoms. The maximum absolute atomic E-state index is 11.9. The number of carboxylic acid groups (broad SMARTS) is 1. The molecular weight excluding hydrogens is 362 g/mol. The van der Waals surface area contributed by atoms with Crippen molar-refractivity contribution in [2.24, 2.45) is 5.92 Å². The van der Waals surface area contributed by atoms with Crippen molar-refractivity contribution < 1.29 is 19.4 Å². The fraction of sp³-hybridized carbons (Fsp3) is 0.412. The number of amides is 1. The fourth-order valence-electron chi connectivity index (χ4n) is 2.56. The Morgan fingerprint density at radius 1 is 1.35 bits per heavy atom. The summed E-state index contributed by atoms with van der Waals surface area (Å²) in [5.41, 5.74) is 2.18. The van der Waals surface area contributed by atoms with Crippen molar-refractivity contribution in [3.8, 4) is 0 Å². The predicted molar refractivity (Wildman–Crippen MR) is 91.4 cm³/mol. The molecule has 0 saturated heterocycles. The fourth-order valence-corrected chi connectivity index (χ4v) is 3.19. The summed E-state index contributed by atoms with van der Waals surface area (Å²) >= 11 is 3.50. The highest BCUT2D eigenvalue weighted by atomic mass is 79.9. The van der Waals surface area contributed by atoms with Gasteiger partial charge < -0.3 is 15.2 Å². The van der Waals surface area contributed by atoms with E-state index in [-0.39, 0.29) is 18.4 Å². The van der Waals surface area contributed by atoms with Crippen molar-refractivity contribution in [2.45, 2.75) is 32.2 Å². The smallest absolute Gasteiger partial charge is 0.407 e. The van der Waals surface area contributed by atoms with Gasteiger partial charge in [0, 0.05) is 4.48 Å². The summed E-state index contributed by atoms with van der Waals surface area (Å²) in [4.78, 5) is 23.0. The molecule has 0 heterocycles. The van der Waals surface area contributed by atoms with E-state index in [9.17, 15) is 9.59 Å². The maximum atomic E-state index is 11.9. The molecule has 0 bridgehead atoms. The number of aliphatic carboxylic acids is 1. The minimum atomic E-state index is -1.05. The van der Waals surface area contributed by atoms with E-state index in [1.54, 1.807) is 0 Å². The van der Waals surface area contributed by atoms with Crippen LogP contribution in [0.25, 0.3) is 6.08 Å². The lowest BCUT2D eigenvalue weighted by Gasteiger charge is -2.18. The number of nitrogens with one attached hydrogen (secondary N) is 1. The minimum Gasteiger partial charge on any atom is -0.480 e. The van der Waals surface area contributed by atoms with E-state index in [0.29, 0.717) is 6.42 Å². The van der Waals surface area contributed by atoms with Crippen LogP contribution in [0.1, 0.15) is 37.3 Å². The molecule has 0 aliphatic heterocycles. The highest BCUT2D eigenvalue weighted by Crippen LogP contribution is 2.39. The van der Waals surface area contributed by atoms with Gasteiger partial charge in [-0.15, -0.1) is 0 Å². The second kappa shape index (κ2) is 7.64. The van der Waals surface area contributed by atoms with E-state index in [2.05, 4.69) is 21.2 Å². The second-order valence-electron chi connectivity index (χ2n) is 5.97. The van der Waals surface area contributed by atoms with Crippen molar-refractivity contribution in [3.63, 3.8) is 0 Å². The third-order valence-electron chi connectivity index (χ3n) is 3.68. The Labute approximate surface area is 143 Å². The summed E-state index contributed by atoms with van der Waals surface area (Å²) in [5.74, 6) is -0.941. The molecule has 1 amide bonds. The number of hydrogen-bond donors (Lipinski definition) is 2. The third kappa shape index (κ3) is 4.58. The third-order valence-corrected chi connectivity index (χ3v) is 4.46. The number of halogens is 1. The summed E-state index contributed by atoms with van der Waals surface area (Å²) < 4.78 is 6.18. The molecule has 23 heavy (non-hydrogen) atoms. The Balaban J connectivity index is 1.92. The lowest BCUT2D eigenvalue weighted by Crippen LogP contribution is -2.42. The molecule has 2 rings (SSSR count). The van der Waals surface area contributed by atoms with Crippen LogP contribution in [-0.4, -0.2) is 29.8 Å². The summed E-state index contributed by atoms with van der Waals surface area (Å²) in [6, 6.07) is 6.95. The molecule has 124 valence electrons. The first-order valence-corrected chi connectivity index (χ1v) is 8.30. The van der Waals surface area contributed by atoms with Crippen LogP contribution in [0.4, 0.5) is 4.79 Å². The second-order valence-corrected chi connectivity index (χ2v) is 6.89. The van der Waals surface area contributed by atoms with Gasteiger partial charge in [0.05, 0.1) is 5.92 Å². The minimum absolute atomic E-state index is 0.0506. The Bertz CT molecular complexity index is 627. The molecular formula is C17H20BrNO4. The van der Waals surface area contributed by atoms with Crippen molar-refractivity contribution in [3.05, 3.63) is 39.9 Å². The van der Waals surface area contributed by atoms with E-state index < -0.39 is 18.1 Å². The zero-order valence-corrected chi connectivity index (χ0v) is 14.7. The van der Waals surface area contributed by atoms with Gasteiger partial charge in [0.2, 0.25) is 0 Å². The van der Waals surface area contributed by atoms with Crippen LogP contribution in [0.5, 0.6) is 0 Å². The van der Waals surface area contributed by atoms with Crippen LogP contribution in [0, 0.1) is 5.92 Å². The van der Waals surface area contributed by atoms with Crippen LogP contribution in [0.3, 0.4) is 0 Å². The zero-order chi connectivity index (χ0) is 17.0. The quantitative estimate of drug-likeness (QED) is 0.786. The molecule has 0 fully saturated rings. The van der Waals surface area contributed by atoms with Gasteiger partial charge in [-0.05, 0) is 29.5 Å². The lowest BCUT2D eigenvalue weighted by atomic mass is 10.0. The Hall–Kier alpha value is -1.82. The standard InChI is InChI=1S/C17H20BrNO4/c1-10(2)7-15(16(20)21)19-17(22)23-9-13-12-6-4-3-5-11(12)8-14(13)18/h3-6,8,10,13,15H,7,9H2,1-2H3,(H,19,22)(H,20,21)/t13?,15-/m0/s1. The van der Waals surface area contributed by atoms with Crippen LogP contribution in [0.15, 0.2) is 28.7 Å². The molecule has 2 atom stereocenters. The van der Waals surface area contributed by atoms with Gasteiger partial charge in [-0.2, -0.15) is 0 Å². The molecule has 1 unspecified atom stereocenters. The topological polar surface area (TPSA) is 75.6 Å². The first kappa shape index (κ1) is 17.5. The molecule has 0 saturated carbocycles. The normalized spacial score (nSPS) is 17.4. The molecule has 0 aromatic heterocycles. The van der Waals surface area contributed by atoms with Crippen LogP contribution < -0.4 is 5.32 Å². The van der Waals surface area contributed by atoms with E-state index in [1.807, 2.05) is 44.2 Å². The van der Waals surface area contributed by atoms with Gasteiger partial charge in [0.25, 0.3) is 0 Å². The molecule has 5 nitrogen and oxygen atoms in total. The predicted octanol–water partition coefficient (Wildman–Crippen LogP) is 3.75. The van der Waals surface area contributed by atoms with Crippen molar-refractivity contribution >= 4 is 34.1 Å². The number of alkyl carbamates (subject to hydrolysis) is 1. The first-order chi connectivity index (χ1) is 10.9. The highest BCUT2D eigenvalue weighted by molar-refractivity contribution is 9.11. The van der Waals surface area contributed by atoms with Crippen LogP contribution in [-0.2, 0) is 9.53 Å². The molecule has 1 aromatic carbocycles. The summed E-state index contributed by atoms with van der Waals surface area (Å²) in [7, 11) is 0. The SMILES string of the molecule is CC(C)C[C@H](NC(=O)OCC1C(Br)=Cc2ccccc21)C(=O)O. The molecule has 0 radical (unpaired) electrons. The Morgan fingerprint density at radius 2 is 2.04 bits per heavy atom. The molecule has 2 N–H and O–H groups in total. The maximum Gasteiger partial charge on any atom is 0.407 e. The van der Waals surface area contributed by atoms with Crippen molar-refractivity contribution in [2.75, 3.05) is 6.61 Å². The first-order valence-electron chi connectivity index (χ1n) is 7.50. The van der Waals surface area contributed by atoms with Gasteiger partial charge in [-0.1, -0.05) is 54.0 Å². The van der Waals surface area contributed by atoms with Gasteiger partial charge in [0.15, 0.2) is 0 Å². The van der Waals surface area contributed by atoms with Crippen LogP contribution >= 0.6 is 15.9 Å². The van der Waals surface area contributed by atoms with E-state index in [0.717, 1.165) is 15.6 Å². The van der Waals surface area contributed by atoms with Gasteiger partial charge >= 0.3 is 12.1 Å². The number of carbonyl (C=O) groups is 2. The average Bonchev–Trinajstić information content (AvgIpc) is 2.79. The number of hydrogen-bond acceptors (Lipinski definition) is 3. The number of carboxylic acids is 1. The Kier molecular flexibility index (Phi) is 5.82. The molecule has 0 spiro atoms. The summed E-state index contributed by atoms with van der Waals surface area (Å²) in [6.07, 6.45) is 1.66. The number of benzene rings is 1. The number of rotatable bonds is 6. The van der Waals surface area contributed by atoms with E-state index in [4.69, 9.17) is 9.84 Å². The number of carbonyl (C=O) groups excluding carboxylic acids is 1. The lowest BCUT2D eigenvalue weighted by molar-refractivity contribution is -0.139. The Morgan fingerprint density at radius 3 is 2.70 bits per heavy atom. The van der Waals surface area contributed by atoms with Gasteiger partial charge in [0.1, 0.15) is 12.6 Å². The molecule has 1 aromatic rings. The van der Waals surface area contributed by atoms with Crippen LogP contribution in [0.2, 0.25) is 0 Å². The largest absolute Gasteiger partial charge is 0.480 e. The van der Waals surface area contributed by atoms with Crippen molar-refractivity contribution in [1.82, 2.24) is 5.32 Å². The van der Waals surface area contributed by atoms with Gasteiger partial charge in [-0.25, -0.2) is 9.59 Å². The monoisotopic (exact) mass is 381 g/mol. The number of fused-ring (bicyclic) bond motifs is 1. The van der Waals surface area contributed by atoms with E-state index >= 15 is 0 Å². The van der Waals surface area contributed by atoms with Gasteiger partial charge in [-0.3, -0.25) is 0 Å². The summed E-state index contributed by atoms with van der Waals surface area (Å²) in [5, 5.41) is 11.6. The van der Waals surface area contributed by atoms with E-state index in [1.165, 1.54) is 0 Å². The van der Waals surface area contributed by atoms with Crippen molar-refractivity contribution in [1.29, 1.82) is 0 Å². The average molecular weight is 382 g/mol. The summed E-state index contributed by atoms with van der Waals surface area (Å²) in [6.45, 7) is 3.97. The highest BCUT2D eigenvalue weighted by Gasteiger charge is 2.26. The zero-order valence-electron chi connectivity index (χ0n) is 13.1. The number of ether oxygens (including phenoxy) is 1. The molecule has 1 aliphatic rings.